The Labute approximate surface area is 85.3 Å². The molecule has 0 spiro atoms. The summed E-state index contributed by atoms with van der Waals surface area (Å²) in [6, 6.07) is 0.126. The molecular formula is C7H12N4O2S. The van der Waals surface area contributed by atoms with Crippen molar-refractivity contribution < 1.29 is 4.92 Å². The molecule has 6 nitrogen and oxygen atoms in total. The van der Waals surface area contributed by atoms with E-state index in [1.54, 1.807) is 0 Å². The summed E-state index contributed by atoms with van der Waals surface area (Å²) >= 11 is 1.02. The van der Waals surface area contributed by atoms with E-state index < -0.39 is 4.92 Å². The summed E-state index contributed by atoms with van der Waals surface area (Å²) in [6.07, 6.45) is 2.11. The molecule has 0 saturated heterocycles. The van der Waals surface area contributed by atoms with Crippen LogP contribution in [-0.4, -0.2) is 22.5 Å². The molecule has 0 fully saturated rings. The molecule has 0 saturated carbocycles. The predicted molar refractivity (Wildman–Crippen MR) is 55.5 cm³/mol. The van der Waals surface area contributed by atoms with Gasteiger partial charge in [-0.3, -0.25) is 10.1 Å². The van der Waals surface area contributed by atoms with Gasteiger partial charge < -0.3 is 11.1 Å². The van der Waals surface area contributed by atoms with E-state index in [0.717, 1.165) is 17.8 Å². The lowest BCUT2D eigenvalue weighted by atomic mass is 10.2. The Kier molecular flexibility index (Phi) is 3.78. The van der Waals surface area contributed by atoms with Crippen LogP contribution in [0.3, 0.4) is 0 Å². The van der Waals surface area contributed by atoms with Gasteiger partial charge in [0.15, 0.2) is 5.13 Å². The largest absolute Gasteiger partial charge is 0.357 e. The Balaban J connectivity index is 2.63. The number of thiazole rings is 1. The van der Waals surface area contributed by atoms with E-state index in [2.05, 4.69) is 10.3 Å². The van der Waals surface area contributed by atoms with Gasteiger partial charge >= 0.3 is 5.00 Å². The molecular weight excluding hydrogens is 204 g/mol. The minimum Gasteiger partial charge on any atom is -0.357 e. The highest BCUT2D eigenvalue weighted by Crippen LogP contribution is 2.25. The number of nitrogens with two attached hydrogens (primary N) is 1. The highest BCUT2D eigenvalue weighted by Gasteiger charge is 2.13. The molecule has 1 rings (SSSR count). The number of aromatic nitrogens is 1. The third-order valence-electron chi connectivity index (χ3n) is 1.78. The van der Waals surface area contributed by atoms with E-state index in [-0.39, 0.29) is 11.0 Å². The highest BCUT2D eigenvalue weighted by atomic mass is 32.1. The molecule has 0 radical (unpaired) electrons. The Hall–Kier alpha value is -1.21. The minimum atomic E-state index is -0.452. The lowest BCUT2D eigenvalue weighted by Crippen LogP contribution is -2.27. The quantitative estimate of drug-likeness (QED) is 0.569. The van der Waals surface area contributed by atoms with Crippen LogP contribution in [0.2, 0.25) is 0 Å². The first-order valence-electron chi connectivity index (χ1n) is 4.24. The van der Waals surface area contributed by atoms with Gasteiger partial charge in [-0.15, -0.1) is 0 Å². The fourth-order valence-corrected chi connectivity index (χ4v) is 1.63. The van der Waals surface area contributed by atoms with Crippen LogP contribution in [0, 0.1) is 10.1 Å². The molecule has 1 unspecified atom stereocenters. The van der Waals surface area contributed by atoms with Crippen molar-refractivity contribution in [2.24, 2.45) is 5.73 Å². The van der Waals surface area contributed by atoms with Crippen LogP contribution in [0.1, 0.15) is 13.3 Å². The third kappa shape index (κ3) is 2.64. The highest BCUT2D eigenvalue weighted by molar-refractivity contribution is 7.18. The first kappa shape index (κ1) is 10.9. The summed E-state index contributed by atoms with van der Waals surface area (Å²) in [5, 5.41) is 14.0. The van der Waals surface area contributed by atoms with E-state index in [4.69, 9.17) is 5.73 Å². The van der Waals surface area contributed by atoms with E-state index in [0.29, 0.717) is 11.7 Å². The van der Waals surface area contributed by atoms with Crippen molar-refractivity contribution in [3.63, 3.8) is 0 Å². The van der Waals surface area contributed by atoms with Crippen LogP contribution in [0.25, 0.3) is 0 Å². The lowest BCUT2D eigenvalue weighted by molar-refractivity contribution is -0.380. The molecule has 0 amide bonds. The standard InChI is InChI=1S/C7H12N4O2S/c1-2-5(3-8)10-7-9-4-6(14-7)11(12)13/h4-5H,2-3,8H2,1H3,(H,9,10). The van der Waals surface area contributed by atoms with Gasteiger partial charge in [0.2, 0.25) is 0 Å². The van der Waals surface area contributed by atoms with Gasteiger partial charge in [-0.2, -0.15) is 0 Å². The number of anilines is 1. The van der Waals surface area contributed by atoms with Crippen molar-refractivity contribution in [1.82, 2.24) is 4.98 Å². The van der Waals surface area contributed by atoms with Crippen molar-refractivity contribution in [2.45, 2.75) is 19.4 Å². The average molecular weight is 216 g/mol. The minimum absolute atomic E-state index is 0.0411. The second-order valence-corrected chi connectivity index (χ2v) is 3.76. The normalized spacial score (nSPS) is 12.4. The summed E-state index contributed by atoms with van der Waals surface area (Å²) in [7, 11) is 0. The molecule has 3 N–H and O–H groups in total. The van der Waals surface area contributed by atoms with Crippen LogP contribution in [-0.2, 0) is 0 Å². The summed E-state index contributed by atoms with van der Waals surface area (Å²) in [4.78, 5) is 13.8. The lowest BCUT2D eigenvalue weighted by Gasteiger charge is -2.12. The number of rotatable bonds is 5. The molecule has 1 atom stereocenters. The smallest absolute Gasteiger partial charge is 0.345 e. The van der Waals surface area contributed by atoms with Gasteiger partial charge in [0, 0.05) is 12.6 Å². The molecule has 1 aromatic heterocycles. The Morgan fingerprint density at radius 1 is 1.86 bits per heavy atom. The summed E-state index contributed by atoms with van der Waals surface area (Å²) < 4.78 is 0. The number of hydrogen-bond acceptors (Lipinski definition) is 6. The molecule has 0 aliphatic heterocycles. The van der Waals surface area contributed by atoms with Gasteiger partial charge in [-0.05, 0) is 17.8 Å². The van der Waals surface area contributed by atoms with Crippen LogP contribution in [0.5, 0.6) is 0 Å². The molecule has 78 valence electrons. The van der Waals surface area contributed by atoms with Gasteiger partial charge in [0.1, 0.15) is 6.20 Å². The molecule has 1 aromatic rings. The number of nitrogens with one attached hydrogen (secondary N) is 1. The molecule has 0 aliphatic carbocycles. The Morgan fingerprint density at radius 3 is 3.00 bits per heavy atom. The van der Waals surface area contributed by atoms with Gasteiger partial charge in [-0.1, -0.05) is 6.92 Å². The number of nitrogens with zero attached hydrogens (tertiary/aromatic N) is 2. The van der Waals surface area contributed by atoms with Crippen molar-refractivity contribution >= 4 is 21.5 Å². The molecule has 1 heterocycles. The summed E-state index contributed by atoms with van der Waals surface area (Å²) in [5.74, 6) is 0. The van der Waals surface area contributed by atoms with Gasteiger partial charge in [0.05, 0.1) is 4.92 Å². The van der Waals surface area contributed by atoms with Gasteiger partial charge in [-0.25, -0.2) is 4.98 Å². The van der Waals surface area contributed by atoms with E-state index in [1.807, 2.05) is 6.92 Å². The molecule has 0 aromatic carbocycles. The van der Waals surface area contributed by atoms with Crippen molar-refractivity contribution in [1.29, 1.82) is 0 Å². The van der Waals surface area contributed by atoms with Crippen LogP contribution in [0.15, 0.2) is 6.20 Å². The Bertz CT molecular complexity index is 310. The molecule has 0 aliphatic rings. The summed E-state index contributed by atoms with van der Waals surface area (Å²) in [5.41, 5.74) is 5.48. The molecule has 7 heteroatoms. The maximum atomic E-state index is 10.4. The van der Waals surface area contributed by atoms with E-state index in [9.17, 15) is 10.1 Å². The fraction of sp³-hybridized carbons (Fsp3) is 0.571. The number of nitro groups is 1. The first-order chi connectivity index (χ1) is 6.67. The zero-order valence-corrected chi connectivity index (χ0v) is 8.58. The zero-order valence-electron chi connectivity index (χ0n) is 7.77. The van der Waals surface area contributed by atoms with E-state index in [1.165, 1.54) is 6.20 Å². The maximum Gasteiger partial charge on any atom is 0.345 e. The van der Waals surface area contributed by atoms with Gasteiger partial charge in [0.25, 0.3) is 0 Å². The average Bonchev–Trinajstić information content (AvgIpc) is 2.62. The van der Waals surface area contributed by atoms with Crippen molar-refractivity contribution in [2.75, 3.05) is 11.9 Å². The maximum absolute atomic E-state index is 10.4. The second kappa shape index (κ2) is 4.87. The third-order valence-corrected chi connectivity index (χ3v) is 2.66. The summed E-state index contributed by atoms with van der Waals surface area (Å²) in [6.45, 7) is 2.48. The van der Waals surface area contributed by atoms with E-state index >= 15 is 0 Å². The van der Waals surface area contributed by atoms with Crippen LogP contribution >= 0.6 is 11.3 Å². The van der Waals surface area contributed by atoms with Crippen LogP contribution in [0.4, 0.5) is 10.1 Å². The molecule has 14 heavy (non-hydrogen) atoms. The fourth-order valence-electron chi connectivity index (χ4n) is 0.919. The Morgan fingerprint density at radius 2 is 2.57 bits per heavy atom. The predicted octanol–water partition coefficient (Wildman–Crippen LogP) is 1.20. The molecule has 0 bridgehead atoms. The zero-order chi connectivity index (χ0) is 10.6. The van der Waals surface area contributed by atoms with Crippen molar-refractivity contribution in [3.8, 4) is 0 Å². The first-order valence-corrected chi connectivity index (χ1v) is 5.05. The monoisotopic (exact) mass is 216 g/mol. The number of hydrogen-bond donors (Lipinski definition) is 2. The SMILES string of the molecule is CCC(CN)Nc1ncc([N+](=O)[O-])s1. The van der Waals surface area contributed by atoms with Crippen molar-refractivity contribution in [3.05, 3.63) is 16.3 Å². The topological polar surface area (TPSA) is 94.1 Å². The van der Waals surface area contributed by atoms with Crippen LogP contribution < -0.4 is 11.1 Å². The second-order valence-electron chi connectivity index (χ2n) is 2.75.